The van der Waals surface area contributed by atoms with Gasteiger partial charge in [-0.1, -0.05) is 35.6 Å². The predicted octanol–water partition coefficient (Wildman–Crippen LogP) is 3.87. The number of aliphatic imine (C=N–C) groups is 1. The molecule has 0 aromatic heterocycles. The van der Waals surface area contributed by atoms with Crippen LogP contribution in [0.2, 0.25) is 0 Å². The fourth-order valence-corrected chi connectivity index (χ4v) is 1.76. The molecule has 0 fully saturated rings. The Morgan fingerprint density at radius 3 is 2.46 bits per heavy atom. The van der Waals surface area contributed by atoms with Crippen LogP contribution in [0.4, 0.5) is 0 Å². The standard InChI is InChI=1S/C11H20IN/c1-10(7-8-12)6-5-9-13-11(2,3)4/h5-6,9-10H,7-8H2,1-4H3/b6-5+,13-9-. The van der Waals surface area contributed by atoms with E-state index in [1.54, 1.807) is 0 Å². The lowest BCUT2D eigenvalue weighted by Crippen LogP contribution is -2.08. The molecular formula is C11H20IN. The SMILES string of the molecule is CC(/C=C/C=N\C(C)(C)C)CCI. The third-order valence-corrected chi connectivity index (χ3v) is 2.17. The van der Waals surface area contributed by atoms with Crippen LogP contribution in [0.15, 0.2) is 17.1 Å². The molecule has 76 valence electrons. The maximum atomic E-state index is 4.37. The van der Waals surface area contributed by atoms with E-state index >= 15 is 0 Å². The predicted molar refractivity (Wildman–Crippen MR) is 70.1 cm³/mol. The van der Waals surface area contributed by atoms with Gasteiger partial charge in [-0.25, -0.2) is 0 Å². The molecule has 0 radical (unpaired) electrons. The summed E-state index contributed by atoms with van der Waals surface area (Å²) in [7, 11) is 0. The van der Waals surface area contributed by atoms with Crippen molar-refractivity contribution >= 4 is 28.8 Å². The summed E-state index contributed by atoms with van der Waals surface area (Å²) in [6.07, 6.45) is 7.43. The molecule has 1 atom stereocenters. The van der Waals surface area contributed by atoms with Gasteiger partial charge in [0.2, 0.25) is 0 Å². The molecule has 0 aliphatic carbocycles. The first-order valence-corrected chi connectivity index (χ1v) is 6.26. The smallest absolute Gasteiger partial charge is 0.0524 e. The number of hydrogen-bond acceptors (Lipinski definition) is 1. The van der Waals surface area contributed by atoms with Crippen molar-refractivity contribution in [2.75, 3.05) is 4.43 Å². The molecule has 0 aliphatic rings. The fourth-order valence-electron chi connectivity index (χ4n) is 0.774. The monoisotopic (exact) mass is 293 g/mol. The van der Waals surface area contributed by atoms with Crippen molar-refractivity contribution in [2.24, 2.45) is 10.9 Å². The van der Waals surface area contributed by atoms with Gasteiger partial charge in [-0.15, -0.1) is 0 Å². The van der Waals surface area contributed by atoms with Gasteiger partial charge in [-0.2, -0.15) is 0 Å². The molecule has 0 spiro atoms. The third-order valence-electron chi connectivity index (χ3n) is 1.55. The van der Waals surface area contributed by atoms with Crippen LogP contribution in [0, 0.1) is 5.92 Å². The average Bonchev–Trinajstić information content (AvgIpc) is 1.97. The van der Waals surface area contributed by atoms with Crippen molar-refractivity contribution in [3.05, 3.63) is 12.2 Å². The number of nitrogens with zero attached hydrogens (tertiary/aromatic N) is 1. The minimum atomic E-state index is 0.0524. The molecule has 0 aliphatic heterocycles. The summed E-state index contributed by atoms with van der Waals surface area (Å²) in [4.78, 5) is 4.37. The van der Waals surface area contributed by atoms with Gasteiger partial charge in [0.05, 0.1) is 5.54 Å². The second-order valence-electron chi connectivity index (χ2n) is 4.29. The lowest BCUT2D eigenvalue weighted by molar-refractivity contribution is 0.587. The van der Waals surface area contributed by atoms with E-state index in [1.165, 1.54) is 10.8 Å². The van der Waals surface area contributed by atoms with Crippen LogP contribution in [-0.4, -0.2) is 16.2 Å². The Morgan fingerprint density at radius 1 is 1.38 bits per heavy atom. The summed E-state index contributed by atoms with van der Waals surface area (Å²) in [6.45, 7) is 8.54. The lowest BCUT2D eigenvalue weighted by atomic mass is 10.1. The van der Waals surface area contributed by atoms with E-state index < -0.39 is 0 Å². The van der Waals surface area contributed by atoms with Gasteiger partial charge < -0.3 is 0 Å². The molecule has 13 heavy (non-hydrogen) atoms. The van der Waals surface area contributed by atoms with Crippen LogP contribution >= 0.6 is 22.6 Å². The van der Waals surface area contributed by atoms with E-state index in [0.29, 0.717) is 5.92 Å². The highest BCUT2D eigenvalue weighted by Gasteiger charge is 2.03. The second-order valence-corrected chi connectivity index (χ2v) is 5.37. The lowest BCUT2D eigenvalue weighted by Gasteiger charge is -2.09. The zero-order chi connectivity index (χ0) is 10.3. The molecule has 0 aromatic rings. The van der Waals surface area contributed by atoms with Gasteiger partial charge in [0.1, 0.15) is 0 Å². The molecule has 0 rings (SSSR count). The van der Waals surface area contributed by atoms with E-state index in [-0.39, 0.29) is 5.54 Å². The normalized spacial score (nSPS) is 15.8. The largest absolute Gasteiger partial charge is 0.287 e. The number of rotatable bonds is 4. The molecule has 1 nitrogen and oxygen atoms in total. The second kappa shape index (κ2) is 6.57. The van der Waals surface area contributed by atoms with Crippen molar-refractivity contribution in [2.45, 2.75) is 39.7 Å². The quantitative estimate of drug-likeness (QED) is 0.424. The Kier molecular flexibility index (Phi) is 6.64. The maximum absolute atomic E-state index is 4.37. The van der Waals surface area contributed by atoms with Crippen LogP contribution in [0.25, 0.3) is 0 Å². The molecule has 0 bridgehead atoms. The van der Waals surface area contributed by atoms with E-state index in [1.807, 2.05) is 6.21 Å². The number of alkyl halides is 1. The molecular weight excluding hydrogens is 273 g/mol. The van der Waals surface area contributed by atoms with E-state index in [9.17, 15) is 0 Å². The van der Waals surface area contributed by atoms with Crippen molar-refractivity contribution in [3.8, 4) is 0 Å². The Hall–Kier alpha value is 0.140. The minimum Gasteiger partial charge on any atom is -0.287 e. The zero-order valence-corrected chi connectivity index (χ0v) is 11.2. The Bertz CT molecular complexity index is 177. The number of hydrogen-bond donors (Lipinski definition) is 0. The summed E-state index contributed by atoms with van der Waals surface area (Å²) < 4.78 is 1.22. The molecule has 2 heteroatoms. The van der Waals surface area contributed by atoms with Gasteiger partial charge in [-0.3, -0.25) is 4.99 Å². The Morgan fingerprint density at radius 2 is 2.00 bits per heavy atom. The van der Waals surface area contributed by atoms with E-state index in [0.717, 1.165) is 0 Å². The molecule has 1 unspecified atom stereocenters. The van der Waals surface area contributed by atoms with Crippen molar-refractivity contribution in [3.63, 3.8) is 0 Å². The highest BCUT2D eigenvalue weighted by atomic mass is 127. The summed E-state index contributed by atoms with van der Waals surface area (Å²) in [6, 6.07) is 0. The minimum absolute atomic E-state index is 0.0524. The molecule has 0 saturated heterocycles. The third kappa shape index (κ3) is 10.1. The first kappa shape index (κ1) is 13.1. The van der Waals surface area contributed by atoms with Crippen molar-refractivity contribution in [1.29, 1.82) is 0 Å². The molecule has 0 amide bonds. The maximum Gasteiger partial charge on any atom is 0.0524 e. The molecule has 0 N–H and O–H groups in total. The zero-order valence-electron chi connectivity index (χ0n) is 9.05. The first-order chi connectivity index (χ1) is 5.95. The van der Waals surface area contributed by atoms with Crippen LogP contribution in [-0.2, 0) is 0 Å². The molecule has 0 heterocycles. The van der Waals surface area contributed by atoms with E-state index in [2.05, 4.69) is 67.4 Å². The first-order valence-electron chi connectivity index (χ1n) is 4.73. The van der Waals surface area contributed by atoms with Crippen molar-refractivity contribution < 1.29 is 0 Å². The average molecular weight is 293 g/mol. The topological polar surface area (TPSA) is 12.4 Å². The summed E-state index contributed by atoms with van der Waals surface area (Å²) in [5.41, 5.74) is 0.0524. The number of halogens is 1. The van der Waals surface area contributed by atoms with Gasteiger partial charge >= 0.3 is 0 Å². The summed E-state index contributed by atoms with van der Waals surface area (Å²) in [5.74, 6) is 0.670. The fraction of sp³-hybridized carbons (Fsp3) is 0.727. The summed E-state index contributed by atoms with van der Waals surface area (Å²) in [5, 5.41) is 0. The summed E-state index contributed by atoms with van der Waals surface area (Å²) >= 11 is 2.41. The van der Waals surface area contributed by atoms with Gasteiger partial charge in [0.15, 0.2) is 0 Å². The van der Waals surface area contributed by atoms with Crippen LogP contribution in [0.3, 0.4) is 0 Å². The van der Waals surface area contributed by atoms with Crippen LogP contribution in [0.1, 0.15) is 34.1 Å². The van der Waals surface area contributed by atoms with Crippen LogP contribution < -0.4 is 0 Å². The van der Waals surface area contributed by atoms with Crippen molar-refractivity contribution in [1.82, 2.24) is 0 Å². The number of allylic oxidation sites excluding steroid dienone is 2. The highest BCUT2D eigenvalue weighted by molar-refractivity contribution is 14.1. The molecule has 0 saturated carbocycles. The highest BCUT2D eigenvalue weighted by Crippen LogP contribution is 2.07. The van der Waals surface area contributed by atoms with Gasteiger partial charge in [0, 0.05) is 10.6 Å². The Labute approximate surface area is 95.9 Å². The Balaban J connectivity index is 3.80. The van der Waals surface area contributed by atoms with E-state index in [4.69, 9.17) is 0 Å². The van der Waals surface area contributed by atoms with Gasteiger partial charge in [0.25, 0.3) is 0 Å². The van der Waals surface area contributed by atoms with Gasteiger partial charge in [-0.05, 0) is 39.2 Å². The molecule has 0 aromatic carbocycles. The van der Waals surface area contributed by atoms with Crippen LogP contribution in [0.5, 0.6) is 0 Å².